The summed E-state index contributed by atoms with van der Waals surface area (Å²) < 4.78 is 26.3. The summed E-state index contributed by atoms with van der Waals surface area (Å²) in [5.41, 5.74) is 1.98. The van der Waals surface area contributed by atoms with Gasteiger partial charge in [0, 0.05) is 20.6 Å². The van der Waals surface area contributed by atoms with Gasteiger partial charge in [0.15, 0.2) is 16.3 Å². The fraction of sp³-hybridized carbons (Fsp3) is 0.233. The molecule has 2 aromatic carbocycles. The lowest BCUT2D eigenvalue weighted by molar-refractivity contribution is -0.139. The Kier molecular flexibility index (Phi) is 8.67. The van der Waals surface area contributed by atoms with Crippen molar-refractivity contribution in [3.05, 3.63) is 99.8 Å². The molecule has 0 spiro atoms. The summed E-state index contributed by atoms with van der Waals surface area (Å²) in [6, 6.07) is 14.2. The molecule has 0 bridgehead atoms. The van der Waals surface area contributed by atoms with E-state index in [0.717, 1.165) is 10.0 Å². The van der Waals surface area contributed by atoms with E-state index < -0.39 is 12.0 Å². The van der Waals surface area contributed by atoms with E-state index in [0.29, 0.717) is 54.7 Å². The molecule has 0 fully saturated rings. The molecule has 5 rings (SSSR count). The Labute approximate surface area is 256 Å². The predicted octanol–water partition coefficient (Wildman–Crippen LogP) is 5.99. The number of hydrogen-bond donors (Lipinski definition) is 0. The van der Waals surface area contributed by atoms with Crippen LogP contribution < -0.4 is 24.4 Å². The van der Waals surface area contributed by atoms with Crippen LogP contribution in [-0.2, 0) is 9.53 Å². The molecule has 1 aliphatic rings. The van der Waals surface area contributed by atoms with Gasteiger partial charge in [-0.05, 0) is 62.7 Å². The standard InChI is InChI=1S/C30H26Br2N2O6S/c1-5-38-24-15-21(32)20(14-23(24)37-4)27-26(29(36)39-6-2)16(3)33-30-34(27)28(35)25(41-30)13-19-11-12-22(40-19)17-7-9-18(31)10-8-17/h7-15,27H,5-6H2,1-4H3/b25-13+/t27-/m0/s1. The topological polar surface area (TPSA) is 92.3 Å². The Balaban J connectivity index is 1.67. The number of fused-ring (bicyclic) bond motifs is 1. The Morgan fingerprint density at radius 1 is 1.10 bits per heavy atom. The lowest BCUT2D eigenvalue weighted by Gasteiger charge is -2.26. The first-order valence-corrected chi connectivity index (χ1v) is 15.2. The second-order valence-electron chi connectivity index (χ2n) is 8.97. The third kappa shape index (κ3) is 5.71. The van der Waals surface area contributed by atoms with Crippen LogP contribution in [0.3, 0.4) is 0 Å². The lowest BCUT2D eigenvalue weighted by Crippen LogP contribution is -2.40. The number of thiazole rings is 1. The zero-order valence-corrected chi connectivity index (χ0v) is 26.7. The minimum Gasteiger partial charge on any atom is -0.493 e. The van der Waals surface area contributed by atoms with E-state index in [1.165, 1.54) is 15.9 Å². The van der Waals surface area contributed by atoms with E-state index in [-0.39, 0.29) is 17.7 Å². The Bertz CT molecular complexity index is 1840. The zero-order valence-electron chi connectivity index (χ0n) is 22.7. The van der Waals surface area contributed by atoms with E-state index in [1.807, 2.05) is 43.3 Å². The quantitative estimate of drug-likeness (QED) is 0.210. The summed E-state index contributed by atoms with van der Waals surface area (Å²) in [7, 11) is 1.54. The van der Waals surface area contributed by atoms with Crippen LogP contribution in [0.5, 0.6) is 11.5 Å². The zero-order chi connectivity index (χ0) is 29.3. The summed E-state index contributed by atoms with van der Waals surface area (Å²) in [5.74, 6) is 1.67. The summed E-state index contributed by atoms with van der Waals surface area (Å²) in [6.45, 7) is 5.98. The molecule has 0 aliphatic carbocycles. The van der Waals surface area contributed by atoms with Crippen molar-refractivity contribution in [1.29, 1.82) is 0 Å². The molecule has 3 heterocycles. The average Bonchev–Trinajstić information content (AvgIpc) is 3.53. The highest BCUT2D eigenvalue weighted by atomic mass is 79.9. The van der Waals surface area contributed by atoms with Gasteiger partial charge in [-0.1, -0.05) is 55.3 Å². The normalized spacial score (nSPS) is 15.0. The molecule has 0 radical (unpaired) electrons. The fourth-order valence-corrected chi connectivity index (χ4v) is 6.43. The molecule has 41 heavy (non-hydrogen) atoms. The number of furan rings is 1. The van der Waals surface area contributed by atoms with Crippen molar-refractivity contribution >= 4 is 55.2 Å². The number of hydrogen-bond acceptors (Lipinski definition) is 8. The smallest absolute Gasteiger partial charge is 0.338 e. The first-order chi connectivity index (χ1) is 19.7. The van der Waals surface area contributed by atoms with Gasteiger partial charge in [0.2, 0.25) is 0 Å². The van der Waals surface area contributed by atoms with Crippen LogP contribution in [0.1, 0.15) is 38.1 Å². The van der Waals surface area contributed by atoms with E-state index >= 15 is 0 Å². The second kappa shape index (κ2) is 12.2. The lowest BCUT2D eigenvalue weighted by atomic mass is 9.95. The van der Waals surface area contributed by atoms with Gasteiger partial charge in [0.25, 0.3) is 5.56 Å². The highest BCUT2D eigenvalue weighted by molar-refractivity contribution is 9.10. The van der Waals surface area contributed by atoms with Crippen molar-refractivity contribution in [1.82, 2.24) is 4.57 Å². The molecule has 11 heteroatoms. The van der Waals surface area contributed by atoms with Crippen LogP contribution in [0, 0.1) is 0 Å². The van der Waals surface area contributed by atoms with E-state index in [9.17, 15) is 9.59 Å². The molecule has 1 aliphatic heterocycles. The third-order valence-corrected chi connectivity index (χ3v) is 8.62. The van der Waals surface area contributed by atoms with Crippen LogP contribution in [0.15, 0.2) is 83.0 Å². The first-order valence-electron chi connectivity index (χ1n) is 12.8. The van der Waals surface area contributed by atoms with Gasteiger partial charge in [0.1, 0.15) is 11.5 Å². The molecule has 1 atom stereocenters. The summed E-state index contributed by atoms with van der Waals surface area (Å²) in [4.78, 5) is 32.3. The van der Waals surface area contributed by atoms with Gasteiger partial charge >= 0.3 is 5.97 Å². The van der Waals surface area contributed by atoms with Crippen LogP contribution in [0.2, 0.25) is 0 Å². The Morgan fingerprint density at radius 3 is 2.54 bits per heavy atom. The van der Waals surface area contributed by atoms with E-state index in [4.69, 9.17) is 18.6 Å². The fourth-order valence-electron chi connectivity index (χ4n) is 4.60. The minimum absolute atomic E-state index is 0.180. The van der Waals surface area contributed by atoms with Crippen molar-refractivity contribution in [2.45, 2.75) is 26.8 Å². The number of halogens is 2. The number of nitrogens with zero attached hydrogens (tertiary/aromatic N) is 2. The average molecular weight is 702 g/mol. The maximum Gasteiger partial charge on any atom is 0.338 e. The molecule has 0 N–H and O–H groups in total. The van der Waals surface area contributed by atoms with Crippen molar-refractivity contribution in [3.63, 3.8) is 0 Å². The van der Waals surface area contributed by atoms with E-state index in [1.54, 1.807) is 39.2 Å². The van der Waals surface area contributed by atoms with Crippen molar-refractivity contribution < 1.29 is 23.4 Å². The number of allylic oxidation sites excluding steroid dienone is 1. The maximum absolute atomic E-state index is 14.0. The SMILES string of the molecule is CCOC(=O)C1=C(C)N=c2s/c(=C/c3ccc(-c4ccc(Br)cc4)o3)c(=O)n2[C@H]1c1cc(OC)c(OCC)cc1Br. The molecule has 212 valence electrons. The van der Waals surface area contributed by atoms with Crippen LogP contribution in [0.4, 0.5) is 0 Å². The van der Waals surface area contributed by atoms with Gasteiger partial charge < -0.3 is 18.6 Å². The number of benzene rings is 2. The monoisotopic (exact) mass is 700 g/mol. The summed E-state index contributed by atoms with van der Waals surface area (Å²) in [5, 5.41) is 0. The van der Waals surface area contributed by atoms with Crippen LogP contribution >= 0.6 is 43.2 Å². The van der Waals surface area contributed by atoms with Crippen molar-refractivity contribution in [2.75, 3.05) is 20.3 Å². The van der Waals surface area contributed by atoms with Gasteiger partial charge in [-0.25, -0.2) is 9.79 Å². The number of ether oxygens (including phenoxy) is 3. The van der Waals surface area contributed by atoms with Crippen LogP contribution in [0.25, 0.3) is 17.4 Å². The molecule has 4 aromatic rings. The summed E-state index contributed by atoms with van der Waals surface area (Å²) >= 11 is 8.31. The molecule has 0 unspecified atom stereocenters. The molecule has 2 aromatic heterocycles. The van der Waals surface area contributed by atoms with Gasteiger partial charge in [-0.2, -0.15) is 0 Å². The van der Waals surface area contributed by atoms with Gasteiger partial charge in [-0.15, -0.1) is 0 Å². The molecule has 0 amide bonds. The number of rotatable bonds is 8. The van der Waals surface area contributed by atoms with Crippen LogP contribution in [-0.4, -0.2) is 30.9 Å². The first kappa shape index (κ1) is 29.1. The molecular weight excluding hydrogens is 676 g/mol. The summed E-state index contributed by atoms with van der Waals surface area (Å²) in [6.07, 6.45) is 1.69. The Morgan fingerprint density at radius 2 is 1.85 bits per heavy atom. The third-order valence-electron chi connectivity index (χ3n) is 6.42. The predicted molar refractivity (Wildman–Crippen MR) is 164 cm³/mol. The number of aromatic nitrogens is 1. The largest absolute Gasteiger partial charge is 0.493 e. The number of methoxy groups -OCH3 is 1. The molecule has 0 saturated carbocycles. The number of esters is 1. The Hall–Kier alpha value is -3.41. The maximum atomic E-state index is 14.0. The van der Waals surface area contributed by atoms with Crippen molar-refractivity contribution in [3.8, 4) is 22.8 Å². The van der Waals surface area contributed by atoms with Gasteiger partial charge in [0.05, 0.1) is 42.2 Å². The highest BCUT2D eigenvalue weighted by Gasteiger charge is 2.35. The highest BCUT2D eigenvalue weighted by Crippen LogP contribution is 2.41. The van der Waals surface area contributed by atoms with Crippen molar-refractivity contribution in [2.24, 2.45) is 4.99 Å². The number of carbonyl (C=O) groups is 1. The number of carbonyl (C=O) groups excluding carboxylic acids is 1. The molecular formula is C30H26Br2N2O6S. The van der Waals surface area contributed by atoms with E-state index in [2.05, 4.69) is 36.9 Å². The minimum atomic E-state index is -0.818. The molecule has 0 saturated heterocycles. The van der Waals surface area contributed by atoms with Gasteiger partial charge in [-0.3, -0.25) is 9.36 Å². The second-order valence-corrected chi connectivity index (χ2v) is 11.7. The molecule has 8 nitrogen and oxygen atoms in total.